The molecule has 1 aromatic carbocycles. The Morgan fingerprint density at radius 1 is 1.29 bits per heavy atom. The summed E-state index contributed by atoms with van der Waals surface area (Å²) in [6, 6.07) is 6.95. The summed E-state index contributed by atoms with van der Waals surface area (Å²) >= 11 is 0. The predicted octanol–water partition coefficient (Wildman–Crippen LogP) is 0.559. The topological polar surface area (TPSA) is 126 Å². The lowest BCUT2D eigenvalue weighted by Crippen LogP contribution is -2.90. The quantitative estimate of drug-likeness (QED) is 0.401. The standard InChI is InChI=1S/C25H34N4O5/c1-4-5-20(22(30)24(32)28-16-6-7-16)29-23(31)21-12-18(13-26-21)34-25-19-9-8-17(33-3)11-15(19)10-14(2)27-25/h8-11,16,18,20-22,26,30H,4-7,12-13H2,1-3H3,(H,28,32)(H,29,31)/p+1/t18-,20+,21+,22?/m1/s1. The summed E-state index contributed by atoms with van der Waals surface area (Å²) in [5, 5.41) is 20.1. The highest BCUT2D eigenvalue weighted by Crippen LogP contribution is 2.29. The van der Waals surface area contributed by atoms with Crippen LogP contribution in [0.2, 0.25) is 0 Å². The highest BCUT2D eigenvalue weighted by Gasteiger charge is 2.38. The van der Waals surface area contributed by atoms with Gasteiger partial charge in [0.05, 0.1) is 19.6 Å². The Hall–Kier alpha value is -2.91. The number of carbonyl (C=O) groups excluding carboxylic acids is 2. The van der Waals surface area contributed by atoms with Gasteiger partial charge in [-0.3, -0.25) is 9.59 Å². The SMILES string of the molecule is CCC[C@H](NC(=O)[C@@H]1C[C@@H](Oc2nc(C)cc3cc(OC)ccc23)C[NH2+]1)C(O)C(=O)NC1CC1. The maximum Gasteiger partial charge on any atom is 0.278 e. The van der Waals surface area contributed by atoms with Crippen LogP contribution in [0.5, 0.6) is 11.6 Å². The zero-order valence-electron chi connectivity index (χ0n) is 20.0. The summed E-state index contributed by atoms with van der Waals surface area (Å²) in [5.74, 6) is 0.722. The van der Waals surface area contributed by atoms with E-state index in [-0.39, 0.29) is 24.1 Å². The van der Waals surface area contributed by atoms with Gasteiger partial charge in [0.15, 0.2) is 18.2 Å². The number of aliphatic hydroxyl groups is 1. The fourth-order valence-electron chi connectivity index (χ4n) is 4.42. The van der Waals surface area contributed by atoms with Gasteiger partial charge in [0.2, 0.25) is 5.88 Å². The minimum atomic E-state index is -1.25. The molecule has 2 heterocycles. The Bertz CT molecular complexity index is 1040. The molecular formula is C25H35N4O5+. The number of methoxy groups -OCH3 is 1. The summed E-state index contributed by atoms with van der Waals surface area (Å²) in [7, 11) is 1.63. The maximum atomic E-state index is 13.0. The Morgan fingerprint density at radius 3 is 2.79 bits per heavy atom. The molecule has 1 unspecified atom stereocenters. The van der Waals surface area contributed by atoms with E-state index in [2.05, 4.69) is 15.6 Å². The summed E-state index contributed by atoms with van der Waals surface area (Å²) in [5.41, 5.74) is 0.841. The van der Waals surface area contributed by atoms with Crippen LogP contribution in [0.1, 0.15) is 44.7 Å². The van der Waals surface area contributed by atoms with E-state index in [1.807, 2.05) is 43.4 Å². The van der Waals surface area contributed by atoms with Crippen molar-refractivity contribution in [2.45, 2.75) is 76.3 Å². The predicted molar refractivity (Wildman–Crippen MR) is 127 cm³/mol. The third-order valence-electron chi connectivity index (χ3n) is 6.45. The molecule has 2 fully saturated rings. The van der Waals surface area contributed by atoms with Crippen LogP contribution in [0.15, 0.2) is 24.3 Å². The molecule has 9 heteroatoms. The van der Waals surface area contributed by atoms with Crippen LogP contribution in [-0.2, 0) is 9.59 Å². The lowest BCUT2D eigenvalue weighted by atomic mass is 10.0. The van der Waals surface area contributed by atoms with Crippen molar-refractivity contribution in [3.05, 3.63) is 30.0 Å². The van der Waals surface area contributed by atoms with Crippen molar-refractivity contribution in [2.24, 2.45) is 0 Å². The number of aryl methyl sites for hydroxylation is 1. The van der Waals surface area contributed by atoms with Crippen LogP contribution < -0.4 is 25.4 Å². The second-order valence-electron chi connectivity index (χ2n) is 9.34. The van der Waals surface area contributed by atoms with Crippen LogP contribution in [0, 0.1) is 6.92 Å². The first-order valence-electron chi connectivity index (χ1n) is 12.1. The molecule has 0 spiro atoms. The molecule has 2 aromatic rings. The van der Waals surface area contributed by atoms with Crippen molar-refractivity contribution < 1.29 is 29.5 Å². The summed E-state index contributed by atoms with van der Waals surface area (Å²) in [6.07, 6.45) is 2.25. The van der Waals surface area contributed by atoms with Crippen molar-refractivity contribution >= 4 is 22.6 Å². The van der Waals surface area contributed by atoms with E-state index in [0.717, 1.165) is 41.5 Å². The Labute approximate surface area is 199 Å². The van der Waals surface area contributed by atoms with Crippen molar-refractivity contribution in [3.8, 4) is 11.6 Å². The molecular weight excluding hydrogens is 436 g/mol. The third kappa shape index (κ3) is 5.77. The average Bonchev–Trinajstić information content (AvgIpc) is 3.51. The van der Waals surface area contributed by atoms with Gasteiger partial charge < -0.3 is 30.5 Å². The smallest absolute Gasteiger partial charge is 0.278 e. The van der Waals surface area contributed by atoms with E-state index in [0.29, 0.717) is 25.3 Å². The highest BCUT2D eigenvalue weighted by atomic mass is 16.5. The van der Waals surface area contributed by atoms with E-state index >= 15 is 0 Å². The number of nitrogens with two attached hydrogens (primary N) is 1. The Balaban J connectivity index is 1.38. The number of rotatable bonds is 10. The molecule has 1 saturated carbocycles. The number of benzene rings is 1. The van der Waals surface area contributed by atoms with Gasteiger partial charge in [-0.1, -0.05) is 13.3 Å². The number of fused-ring (bicyclic) bond motifs is 1. The molecule has 1 aliphatic heterocycles. The minimum absolute atomic E-state index is 0.161. The molecule has 9 nitrogen and oxygen atoms in total. The first-order chi connectivity index (χ1) is 16.4. The first kappa shape index (κ1) is 24.2. The van der Waals surface area contributed by atoms with Gasteiger partial charge in [0.25, 0.3) is 11.8 Å². The lowest BCUT2D eigenvalue weighted by Gasteiger charge is -2.24. The van der Waals surface area contributed by atoms with E-state index in [4.69, 9.17) is 9.47 Å². The number of nitrogens with zero attached hydrogens (tertiary/aromatic N) is 1. The van der Waals surface area contributed by atoms with Gasteiger partial charge in [0, 0.05) is 17.1 Å². The Morgan fingerprint density at radius 2 is 2.09 bits per heavy atom. The van der Waals surface area contributed by atoms with Crippen molar-refractivity contribution in [1.82, 2.24) is 15.6 Å². The van der Waals surface area contributed by atoms with E-state index < -0.39 is 18.1 Å². The van der Waals surface area contributed by atoms with Crippen molar-refractivity contribution in [2.75, 3.05) is 13.7 Å². The molecule has 184 valence electrons. The number of nitrogens with one attached hydrogen (secondary N) is 2. The number of hydrogen-bond donors (Lipinski definition) is 4. The fraction of sp³-hybridized carbons (Fsp3) is 0.560. The third-order valence-corrected chi connectivity index (χ3v) is 6.45. The molecule has 2 amide bonds. The molecule has 4 rings (SSSR count). The van der Waals surface area contributed by atoms with Crippen LogP contribution >= 0.6 is 0 Å². The molecule has 5 N–H and O–H groups in total. The number of pyridine rings is 1. The molecule has 34 heavy (non-hydrogen) atoms. The van der Waals surface area contributed by atoms with Crippen LogP contribution in [0.4, 0.5) is 0 Å². The van der Waals surface area contributed by atoms with E-state index in [1.54, 1.807) is 7.11 Å². The lowest BCUT2D eigenvalue weighted by molar-refractivity contribution is -0.659. The van der Waals surface area contributed by atoms with Crippen LogP contribution in [0.25, 0.3) is 10.8 Å². The molecule has 0 radical (unpaired) electrons. The number of quaternary nitrogens is 1. The number of aromatic nitrogens is 1. The van der Waals surface area contributed by atoms with E-state index in [9.17, 15) is 14.7 Å². The first-order valence-corrected chi connectivity index (χ1v) is 12.1. The second kappa shape index (κ2) is 10.6. The average molecular weight is 472 g/mol. The van der Waals surface area contributed by atoms with Gasteiger partial charge in [-0.05, 0) is 55.8 Å². The van der Waals surface area contributed by atoms with Gasteiger partial charge in [0.1, 0.15) is 12.3 Å². The second-order valence-corrected chi connectivity index (χ2v) is 9.34. The monoisotopic (exact) mass is 471 g/mol. The number of ether oxygens (including phenoxy) is 2. The molecule has 1 aliphatic carbocycles. The zero-order chi connectivity index (χ0) is 24.2. The molecule has 4 atom stereocenters. The number of carbonyl (C=O) groups is 2. The molecule has 0 bridgehead atoms. The zero-order valence-corrected chi connectivity index (χ0v) is 20.0. The van der Waals surface area contributed by atoms with Crippen LogP contribution in [0.3, 0.4) is 0 Å². The van der Waals surface area contributed by atoms with Crippen molar-refractivity contribution in [3.63, 3.8) is 0 Å². The number of aliphatic hydroxyl groups excluding tert-OH is 1. The summed E-state index contributed by atoms with van der Waals surface area (Å²) in [4.78, 5) is 29.8. The summed E-state index contributed by atoms with van der Waals surface area (Å²) < 4.78 is 11.6. The number of amides is 2. The minimum Gasteiger partial charge on any atom is -0.497 e. The maximum absolute atomic E-state index is 13.0. The van der Waals surface area contributed by atoms with E-state index in [1.165, 1.54) is 0 Å². The van der Waals surface area contributed by atoms with Gasteiger partial charge >= 0.3 is 0 Å². The summed E-state index contributed by atoms with van der Waals surface area (Å²) in [6.45, 7) is 4.50. The Kier molecular flexibility index (Phi) is 7.53. The largest absolute Gasteiger partial charge is 0.497 e. The van der Waals surface area contributed by atoms with Gasteiger partial charge in [-0.25, -0.2) is 4.98 Å². The molecule has 1 aromatic heterocycles. The molecule has 2 aliphatic rings. The van der Waals surface area contributed by atoms with Gasteiger partial charge in [-0.2, -0.15) is 0 Å². The highest BCUT2D eigenvalue weighted by molar-refractivity contribution is 5.88. The van der Waals surface area contributed by atoms with Crippen LogP contribution in [-0.4, -0.2) is 65.9 Å². The van der Waals surface area contributed by atoms with Crippen molar-refractivity contribution in [1.29, 1.82) is 0 Å². The van der Waals surface area contributed by atoms with Gasteiger partial charge in [-0.15, -0.1) is 0 Å². The fourth-order valence-corrected chi connectivity index (χ4v) is 4.42. The molecule has 1 saturated heterocycles. The normalized spacial score (nSPS) is 21.6. The number of hydrogen-bond acceptors (Lipinski definition) is 6.